The maximum atomic E-state index is 12.2. The van der Waals surface area contributed by atoms with Crippen molar-refractivity contribution in [1.82, 2.24) is 5.32 Å². The number of amides is 2. The fourth-order valence-electron chi connectivity index (χ4n) is 3.39. The summed E-state index contributed by atoms with van der Waals surface area (Å²) in [6.07, 6.45) is 0.819. The molecule has 0 spiro atoms. The molecule has 1 unspecified atom stereocenters. The number of aliphatic hydroxyl groups excluding tert-OH is 1. The molecule has 8 heteroatoms. The fourth-order valence-corrected chi connectivity index (χ4v) is 3.39. The van der Waals surface area contributed by atoms with Gasteiger partial charge in [-0.05, 0) is 63.3 Å². The Hall–Kier alpha value is -3.10. The summed E-state index contributed by atoms with van der Waals surface area (Å²) in [5, 5.41) is 15.5. The Balaban J connectivity index is 1.84. The molecule has 2 aromatic carbocycles. The average Bonchev–Trinajstić information content (AvgIpc) is 2.78. The van der Waals surface area contributed by atoms with Gasteiger partial charge in [0.05, 0.1) is 18.8 Å². The smallest absolute Gasteiger partial charge is 0.411 e. The van der Waals surface area contributed by atoms with Crippen molar-refractivity contribution >= 4 is 17.9 Å². The van der Waals surface area contributed by atoms with Gasteiger partial charge in [0.2, 0.25) is 0 Å². The van der Waals surface area contributed by atoms with Crippen LogP contribution < -0.4 is 10.6 Å². The Labute approximate surface area is 201 Å². The number of carbonyl (C=O) groups excluding carboxylic acids is 2. The first-order valence-electron chi connectivity index (χ1n) is 11.3. The molecule has 2 aromatic rings. The van der Waals surface area contributed by atoms with Crippen LogP contribution in [0.4, 0.5) is 15.3 Å². The van der Waals surface area contributed by atoms with Crippen LogP contribution >= 0.6 is 0 Å². The van der Waals surface area contributed by atoms with Crippen LogP contribution in [-0.2, 0) is 27.2 Å². The normalized spacial score (nSPS) is 13.0. The van der Waals surface area contributed by atoms with Gasteiger partial charge in [0.1, 0.15) is 12.2 Å². The minimum atomic E-state index is -0.929. The third-order valence-electron chi connectivity index (χ3n) is 5.02. The molecule has 0 saturated carbocycles. The van der Waals surface area contributed by atoms with Gasteiger partial charge in [0.25, 0.3) is 0 Å². The lowest BCUT2D eigenvalue weighted by molar-refractivity contribution is 0.0196. The van der Waals surface area contributed by atoms with Crippen LogP contribution in [0.2, 0.25) is 0 Å². The number of rotatable bonds is 11. The molecule has 0 heterocycles. The van der Waals surface area contributed by atoms with Crippen LogP contribution in [0.25, 0.3) is 0 Å². The van der Waals surface area contributed by atoms with Gasteiger partial charge in [0, 0.05) is 12.8 Å². The maximum Gasteiger partial charge on any atom is 0.411 e. The molecule has 0 aliphatic carbocycles. The minimum absolute atomic E-state index is 0.163. The quantitative estimate of drug-likeness (QED) is 0.439. The van der Waals surface area contributed by atoms with Crippen molar-refractivity contribution in [3.05, 3.63) is 65.7 Å². The molecule has 0 aliphatic heterocycles. The number of hydrogen-bond donors (Lipinski definition) is 3. The molecule has 0 fully saturated rings. The predicted octanol–water partition coefficient (Wildman–Crippen LogP) is 4.66. The largest absolute Gasteiger partial charge is 0.444 e. The SMILES string of the molecule is COCC(CO)(CCCc1ccc(NC(=O)OCc2ccccc2)cc1)NC(=O)OC(C)(C)C. The van der Waals surface area contributed by atoms with Crippen molar-refractivity contribution in [2.24, 2.45) is 0 Å². The fraction of sp³-hybridized carbons (Fsp3) is 0.462. The number of benzene rings is 2. The van der Waals surface area contributed by atoms with Crippen LogP contribution in [0.5, 0.6) is 0 Å². The van der Waals surface area contributed by atoms with Gasteiger partial charge >= 0.3 is 12.2 Å². The van der Waals surface area contributed by atoms with Crippen molar-refractivity contribution in [3.63, 3.8) is 0 Å². The van der Waals surface area contributed by atoms with Crippen molar-refractivity contribution in [3.8, 4) is 0 Å². The van der Waals surface area contributed by atoms with Crippen molar-refractivity contribution in [1.29, 1.82) is 0 Å². The van der Waals surface area contributed by atoms with E-state index in [0.29, 0.717) is 18.5 Å². The molecule has 1 atom stereocenters. The highest BCUT2D eigenvalue weighted by Gasteiger charge is 2.33. The summed E-state index contributed by atoms with van der Waals surface area (Å²) < 4.78 is 15.8. The molecular formula is C26H36N2O6. The summed E-state index contributed by atoms with van der Waals surface area (Å²) in [5.74, 6) is 0. The summed E-state index contributed by atoms with van der Waals surface area (Å²) in [5.41, 5.74) is 1.05. The van der Waals surface area contributed by atoms with Crippen molar-refractivity contribution in [2.75, 3.05) is 25.6 Å². The lowest BCUT2D eigenvalue weighted by Crippen LogP contribution is -2.55. The molecule has 186 valence electrons. The number of hydrogen-bond acceptors (Lipinski definition) is 6. The average molecular weight is 473 g/mol. The lowest BCUT2D eigenvalue weighted by atomic mass is 9.93. The second kappa shape index (κ2) is 13.0. The summed E-state index contributed by atoms with van der Waals surface area (Å²) >= 11 is 0. The predicted molar refractivity (Wildman–Crippen MR) is 131 cm³/mol. The second-order valence-corrected chi connectivity index (χ2v) is 9.24. The van der Waals surface area contributed by atoms with Gasteiger partial charge in [-0.25, -0.2) is 9.59 Å². The Morgan fingerprint density at radius 3 is 2.21 bits per heavy atom. The third-order valence-corrected chi connectivity index (χ3v) is 5.02. The number of anilines is 1. The molecule has 8 nitrogen and oxygen atoms in total. The molecular weight excluding hydrogens is 436 g/mol. The first-order valence-corrected chi connectivity index (χ1v) is 11.3. The Kier molecular flexibility index (Phi) is 10.3. The first-order chi connectivity index (χ1) is 16.1. The van der Waals surface area contributed by atoms with Gasteiger partial charge in [-0.3, -0.25) is 5.32 Å². The summed E-state index contributed by atoms with van der Waals surface area (Å²) in [7, 11) is 1.53. The highest BCUT2D eigenvalue weighted by atomic mass is 16.6. The molecule has 34 heavy (non-hydrogen) atoms. The zero-order valence-corrected chi connectivity index (χ0v) is 20.4. The van der Waals surface area contributed by atoms with Gasteiger partial charge in [-0.1, -0.05) is 42.5 Å². The summed E-state index contributed by atoms with van der Waals surface area (Å²) in [4.78, 5) is 24.3. The number of aliphatic hydroxyl groups is 1. The number of aryl methyl sites for hydroxylation is 1. The topological polar surface area (TPSA) is 106 Å². The molecule has 0 aliphatic rings. The number of ether oxygens (including phenoxy) is 3. The highest BCUT2D eigenvalue weighted by molar-refractivity contribution is 5.84. The molecule has 0 bridgehead atoms. The van der Waals surface area contributed by atoms with E-state index in [4.69, 9.17) is 14.2 Å². The second-order valence-electron chi connectivity index (χ2n) is 9.24. The number of carbonyl (C=O) groups is 2. The molecule has 0 radical (unpaired) electrons. The van der Waals surface area contributed by atoms with E-state index in [1.807, 2.05) is 54.6 Å². The van der Waals surface area contributed by atoms with Crippen LogP contribution in [0.3, 0.4) is 0 Å². The zero-order chi connectivity index (χ0) is 25.0. The molecule has 2 rings (SSSR count). The molecule has 0 saturated heterocycles. The molecule has 0 aromatic heterocycles. The van der Waals surface area contributed by atoms with Crippen LogP contribution in [0, 0.1) is 0 Å². The van der Waals surface area contributed by atoms with Gasteiger partial charge in [-0.2, -0.15) is 0 Å². The third kappa shape index (κ3) is 9.80. The first kappa shape index (κ1) is 27.1. The van der Waals surface area contributed by atoms with Crippen LogP contribution in [0.1, 0.15) is 44.7 Å². The van der Waals surface area contributed by atoms with Gasteiger partial charge < -0.3 is 24.6 Å². The van der Waals surface area contributed by atoms with E-state index < -0.39 is 23.3 Å². The van der Waals surface area contributed by atoms with E-state index in [2.05, 4.69) is 10.6 Å². The molecule has 2 amide bonds. The molecule has 3 N–H and O–H groups in total. The van der Waals surface area contributed by atoms with E-state index in [1.165, 1.54) is 7.11 Å². The Bertz CT molecular complexity index is 896. The van der Waals surface area contributed by atoms with Crippen LogP contribution in [0.15, 0.2) is 54.6 Å². The monoisotopic (exact) mass is 472 g/mol. The van der Waals surface area contributed by atoms with E-state index in [1.54, 1.807) is 20.8 Å². The number of methoxy groups -OCH3 is 1. The van der Waals surface area contributed by atoms with Gasteiger partial charge in [-0.15, -0.1) is 0 Å². The van der Waals surface area contributed by atoms with E-state index in [9.17, 15) is 14.7 Å². The Morgan fingerprint density at radius 2 is 1.62 bits per heavy atom. The van der Waals surface area contributed by atoms with Crippen molar-refractivity contribution < 1.29 is 28.9 Å². The minimum Gasteiger partial charge on any atom is -0.444 e. The summed E-state index contributed by atoms with van der Waals surface area (Å²) in [6, 6.07) is 16.9. The van der Waals surface area contributed by atoms with Crippen molar-refractivity contribution in [2.45, 2.75) is 57.8 Å². The zero-order valence-electron chi connectivity index (χ0n) is 20.4. The number of nitrogens with one attached hydrogen (secondary N) is 2. The maximum absolute atomic E-state index is 12.2. The van der Waals surface area contributed by atoms with E-state index in [0.717, 1.165) is 17.5 Å². The Morgan fingerprint density at radius 1 is 0.941 bits per heavy atom. The van der Waals surface area contributed by atoms with Crippen LogP contribution in [-0.4, -0.2) is 48.8 Å². The number of alkyl carbamates (subject to hydrolysis) is 1. The van der Waals surface area contributed by atoms with Gasteiger partial charge in [0.15, 0.2) is 0 Å². The highest BCUT2D eigenvalue weighted by Crippen LogP contribution is 2.19. The van der Waals surface area contributed by atoms with E-state index >= 15 is 0 Å². The van der Waals surface area contributed by atoms with E-state index in [-0.39, 0.29) is 19.8 Å². The summed E-state index contributed by atoms with van der Waals surface area (Å²) in [6.45, 7) is 5.45. The lowest BCUT2D eigenvalue weighted by Gasteiger charge is -2.33. The standard InChI is InChI=1S/C26H36N2O6/c1-25(2,3)34-24(31)28-26(18-29,19-32-4)16-8-11-20-12-14-22(15-13-20)27-23(30)33-17-21-9-6-5-7-10-21/h5-7,9-10,12-15,29H,8,11,16-19H2,1-4H3,(H,27,30)(H,28,31).